The Balaban J connectivity index is 2.25. The van der Waals surface area contributed by atoms with Crippen LogP contribution < -0.4 is 4.74 Å². The van der Waals surface area contributed by atoms with Gasteiger partial charge in [-0.15, -0.1) is 0 Å². The Hall–Kier alpha value is -0.580. The fourth-order valence-electron chi connectivity index (χ4n) is 2.85. The van der Waals surface area contributed by atoms with E-state index < -0.39 is 5.79 Å². The van der Waals surface area contributed by atoms with Crippen molar-refractivity contribution in [3.8, 4) is 5.75 Å². The third-order valence-corrected chi connectivity index (χ3v) is 5.65. The zero-order valence-corrected chi connectivity index (χ0v) is 15.8. The summed E-state index contributed by atoms with van der Waals surface area (Å²) in [7, 11) is 1.67. The van der Waals surface area contributed by atoms with E-state index in [1.165, 1.54) is 0 Å². The number of halogens is 1. The first-order chi connectivity index (χ1) is 10.4. The lowest BCUT2D eigenvalue weighted by atomic mass is 9.77. The second-order valence-electron chi connectivity index (χ2n) is 6.55. The Morgan fingerprint density at radius 1 is 1.18 bits per heavy atom. The lowest BCUT2D eigenvalue weighted by Gasteiger charge is -2.48. The van der Waals surface area contributed by atoms with Crippen molar-refractivity contribution in [1.82, 2.24) is 0 Å². The maximum absolute atomic E-state index is 6.32. The number of ether oxygens (including phenoxy) is 3. The number of rotatable bonds is 5. The van der Waals surface area contributed by atoms with Gasteiger partial charge >= 0.3 is 0 Å². The third-order valence-electron chi connectivity index (χ3n) is 5.05. The van der Waals surface area contributed by atoms with Crippen molar-refractivity contribution in [2.45, 2.75) is 44.7 Å². The molecule has 1 fully saturated rings. The van der Waals surface area contributed by atoms with Gasteiger partial charge in [0, 0.05) is 11.0 Å². The molecule has 0 radical (unpaired) electrons. The van der Waals surface area contributed by atoms with Crippen molar-refractivity contribution < 1.29 is 14.2 Å². The van der Waals surface area contributed by atoms with Crippen LogP contribution >= 0.6 is 15.9 Å². The number of hydrogen-bond donors (Lipinski definition) is 0. The van der Waals surface area contributed by atoms with Crippen molar-refractivity contribution in [3.63, 3.8) is 0 Å². The zero-order valence-electron chi connectivity index (χ0n) is 14.2. The second kappa shape index (κ2) is 6.90. The molecule has 1 heterocycles. The van der Waals surface area contributed by atoms with E-state index in [4.69, 9.17) is 14.2 Å². The molecule has 3 nitrogen and oxygen atoms in total. The zero-order chi connectivity index (χ0) is 16.4. The molecule has 0 aromatic heterocycles. The fourth-order valence-corrected chi connectivity index (χ4v) is 3.38. The lowest BCUT2D eigenvalue weighted by Crippen LogP contribution is -2.52. The van der Waals surface area contributed by atoms with E-state index in [-0.39, 0.29) is 10.2 Å². The van der Waals surface area contributed by atoms with E-state index in [2.05, 4.69) is 43.6 Å². The molecule has 2 rings (SSSR count). The summed E-state index contributed by atoms with van der Waals surface area (Å²) in [6, 6.07) is 7.92. The molecule has 0 N–H and O–H groups in total. The molecule has 1 saturated heterocycles. The first-order valence-electron chi connectivity index (χ1n) is 7.94. The van der Waals surface area contributed by atoms with Crippen LogP contribution in [0, 0.1) is 11.3 Å². The summed E-state index contributed by atoms with van der Waals surface area (Å²) in [6.07, 6.45) is 1.13. The molecule has 0 amide bonds. The minimum atomic E-state index is -0.737. The van der Waals surface area contributed by atoms with E-state index >= 15 is 0 Å². The highest BCUT2D eigenvalue weighted by Crippen LogP contribution is 2.45. The van der Waals surface area contributed by atoms with Crippen molar-refractivity contribution >= 4 is 15.9 Å². The van der Waals surface area contributed by atoms with E-state index in [0.29, 0.717) is 19.1 Å². The normalized spacial score (nSPS) is 31.5. The smallest absolute Gasteiger partial charge is 0.207 e. The van der Waals surface area contributed by atoms with E-state index in [9.17, 15) is 0 Å². The summed E-state index contributed by atoms with van der Waals surface area (Å²) >= 11 is 3.68. The number of alkyl halides is 1. The average Bonchev–Trinajstić information content (AvgIpc) is 2.55. The van der Waals surface area contributed by atoms with Gasteiger partial charge in [0.15, 0.2) is 0 Å². The number of methoxy groups -OCH3 is 1. The van der Waals surface area contributed by atoms with E-state index in [1.807, 2.05) is 24.3 Å². The van der Waals surface area contributed by atoms with Crippen molar-refractivity contribution in [2.75, 3.05) is 20.3 Å². The van der Waals surface area contributed by atoms with Gasteiger partial charge in [-0.25, -0.2) is 0 Å². The minimum absolute atomic E-state index is 0.0508. The molecule has 4 heteroatoms. The molecule has 0 aliphatic carbocycles. The first-order valence-corrected chi connectivity index (χ1v) is 8.86. The monoisotopic (exact) mass is 370 g/mol. The van der Waals surface area contributed by atoms with Crippen LogP contribution in [-0.4, -0.2) is 25.2 Å². The van der Waals surface area contributed by atoms with Gasteiger partial charge in [0.1, 0.15) is 5.75 Å². The topological polar surface area (TPSA) is 27.7 Å². The highest BCUT2D eigenvalue weighted by atomic mass is 79.9. The first kappa shape index (κ1) is 17.8. The Morgan fingerprint density at radius 3 is 2.14 bits per heavy atom. The Labute approximate surface area is 142 Å². The molecule has 124 valence electrons. The lowest BCUT2D eigenvalue weighted by molar-refractivity contribution is -0.314. The van der Waals surface area contributed by atoms with Crippen LogP contribution in [-0.2, 0) is 15.3 Å². The van der Waals surface area contributed by atoms with Crippen LogP contribution in [0.5, 0.6) is 5.75 Å². The summed E-state index contributed by atoms with van der Waals surface area (Å²) in [4.78, 5) is 0.0508. The average molecular weight is 371 g/mol. The van der Waals surface area contributed by atoms with Gasteiger partial charge in [0.05, 0.1) is 25.2 Å². The fraction of sp³-hybridized carbons (Fsp3) is 0.667. The Bertz CT molecular complexity index is 476. The molecular weight excluding hydrogens is 344 g/mol. The molecule has 0 saturated carbocycles. The molecule has 1 aliphatic rings. The summed E-state index contributed by atoms with van der Waals surface area (Å²) in [5.41, 5.74) is 1.08. The van der Waals surface area contributed by atoms with Crippen molar-refractivity contribution in [1.29, 1.82) is 0 Å². The van der Waals surface area contributed by atoms with Gasteiger partial charge in [0.25, 0.3) is 0 Å². The van der Waals surface area contributed by atoms with Gasteiger partial charge in [-0.05, 0) is 37.1 Å². The molecule has 1 aliphatic heterocycles. The van der Waals surface area contributed by atoms with Crippen LogP contribution in [0.4, 0.5) is 0 Å². The second-order valence-corrected chi connectivity index (χ2v) is 7.93. The van der Waals surface area contributed by atoms with Crippen LogP contribution in [0.25, 0.3) is 0 Å². The Morgan fingerprint density at radius 2 is 1.73 bits per heavy atom. The standard InChI is InChI=1S/C18H27BrO3/c1-6-13(2)17(4)11-21-18(14(3)19,22-12-17)15-7-9-16(20-5)10-8-15/h7-10,13-14H,6,11-12H2,1-5H3. The van der Waals surface area contributed by atoms with Gasteiger partial charge < -0.3 is 14.2 Å². The molecule has 1 aromatic carbocycles. The van der Waals surface area contributed by atoms with Crippen molar-refractivity contribution in [3.05, 3.63) is 29.8 Å². The number of benzene rings is 1. The molecular formula is C18H27BrO3. The quantitative estimate of drug-likeness (QED) is 0.701. The number of hydrogen-bond acceptors (Lipinski definition) is 3. The molecule has 0 spiro atoms. The highest BCUT2D eigenvalue weighted by molar-refractivity contribution is 9.09. The molecule has 0 bridgehead atoms. The predicted molar refractivity (Wildman–Crippen MR) is 92.5 cm³/mol. The molecule has 1 aromatic rings. The molecule has 2 unspecified atom stereocenters. The third kappa shape index (κ3) is 3.19. The van der Waals surface area contributed by atoms with Gasteiger partial charge in [0.2, 0.25) is 5.79 Å². The summed E-state index contributed by atoms with van der Waals surface area (Å²) in [5, 5.41) is 0. The van der Waals surface area contributed by atoms with Crippen LogP contribution in [0.15, 0.2) is 24.3 Å². The van der Waals surface area contributed by atoms with Gasteiger partial charge in [-0.1, -0.05) is 43.1 Å². The summed E-state index contributed by atoms with van der Waals surface area (Å²) in [5.74, 6) is 0.660. The minimum Gasteiger partial charge on any atom is -0.497 e. The summed E-state index contributed by atoms with van der Waals surface area (Å²) in [6.45, 7) is 10.2. The largest absolute Gasteiger partial charge is 0.497 e. The Kier molecular flexibility index (Phi) is 5.57. The van der Waals surface area contributed by atoms with Gasteiger partial charge in [-0.3, -0.25) is 0 Å². The van der Waals surface area contributed by atoms with E-state index in [0.717, 1.165) is 17.7 Å². The van der Waals surface area contributed by atoms with Gasteiger partial charge in [-0.2, -0.15) is 0 Å². The molecule has 22 heavy (non-hydrogen) atoms. The summed E-state index contributed by atoms with van der Waals surface area (Å²) < 4.78 is 17.9. The maximum Gasteiger partial charge on any atom is 0.207 e. The SMILES string of the molecule is CCC(C)C1(C)COC(c2ccc(OC)cc2)(C(C)Br)OC1. The molecule has 2 atom stereocenters. The van der Waals surface area contributed by atoms with Crippen LogP contribution in [0.2, 0.25) is 0 Å². The maximum atomic E-state index is 6.32. The van der Waals surface area contributed by atoms with Crippen molar-refractivity contribution in [2.24, 2.45) is 11.3 Å². The van der Waals surface area contributed by atoms with E-state index in [1.54, 1.807) is 7.11 Å². The van der Waals surface area contributed by atoms with Crippen LogP contribution in [0.1, 0.15) is 39.7 Å². The predicted octanol–water partition coefficient (Wildman–Crippen LogP) is 4.73. The highest BCUT2D eigenvalue weighted by Gasteiger charge is 2.48. The van der Waals surface area contributed by atoms with Crippen LogP contribution in [0.3, 0.4) is 0 Å².